The molecule has 2 heterocycles. The maximum atomic E-state index is 12.7. The van der Waals surface area contributed by atoms with Crippen LogP contribution < -0.4 is 5.32 Å². The number of nitrogens with zero attached hydrogens (tertiary/aromatic N) is 4. The molecule has 0 aliphatic carbocycles. The van der Waals surface area contributed by atoms with E-state index in [0.717, 1.165) is 25.8 Å². The quantitative estimate of drug-likeness (QED) is 0.168. The van der Waals surface area contributed by atoms with E-state index in [1.165, 1.54) is 4.90 Å². The first-order chi connectivity index (χ1) is 19.9. The van der Waals surface area contributed by atoms with Gasteiger partial charge in [-0.1, -0.05) is 53.2 Å². The smallest absolute Gasteiger partial charge is 0.233 e. The molecule has 1 aliphatic heterocycles. The number of amides is 3. The van der Waals surface area contributed by atoms with Crippen LogP contribution in [0.5, 0.6) is 0 Å². The minimum atomic E-state index is -0.301. The zero-order valence-corrected chi connectivity index (χ0v) is 26.6. The van der Waals surface area contributed by atoms with Gasteiger partial charge in [-0.3, -0.25) is 19.3 Å². The van der Waals surface area contributed by atoms with Crippen molar-refractivity contribution in [3.63, 3.8) is 0 Å². The third kappa shape index (κ3) is 14.7. The SMILES string of the molecule is CC(C)(C)CCCCNC(=O)CCOCCOCCOCCOCCn1cc(CN2C(=O)CC(C(C)(C)C)C2=O)nn1. The first kappa shape index (κ1) is 35.8. The van der Waals surface area contributed by atoms with Crippen molar-refractivity contribution in [2.75, 3.05) is 59.4 Å². The summed E-state index contributed by atoms with van der Waals surface area (Å²) >= 11 is 0. The van der Waals surface area contributed by atoms with Gasteiger partial charge in [0.2, 0.25) is 17.7 Å². The van der Waals surface area contributed by atoms with E-state index in [9.17, 15) is 14.4 Å². The summed E-state index contributed by atoms with van der Waals surface area (Å²) in [7, 11) is 0. The molecule has 42 heavy (non-hydrogen) atoms. The van der Waals surface area contributed by atoms with Crippen LogP contribution >= 0.6 is 0 Å². The summed E-state index contributed by atoms with van der Waals surface area (Å²) < 4.78 is 23.7. The van der Waals surface area contributed by atoms with Crippen LogP contribution in [0.3, 0.4) is 0 Å². The third-order valence-electron chi connectivity index (χ3n) is 6.93. The zero-order chi connectivity index (χ0) is 31.0. The number of hydrogen-bond acceptors (Lipinski definition) is 9. The number of carbonyl (C=O) groups excluding carboxylic acids is 3. The minimum absolute atomic E-state index is 0.0237. The Labute approximate surface area is 251 Å². The molecule has 3 amide bonds. The molecule has 1 saturated heterocycles. The molecule has 1 N–H and O–H groups in total. The fraction of sp³-hybridized carbons (Fsp3) is 0.833. The summed E-state index contributed by atoms with van der Waals surface area (Å²) in [4.78, 5) is 38.1. The minimum Gasteiger partial charge on any atom is -0.379 e. The van der Waals surface area contributed by atoms with Crippen LogP contribution in [0.2, 0.25) is 0 Å². The van der Waals surface area contributed by atoms with Crippen LogP contribution in [-0.2, 0) is 46.4 Å². The predicted octanol–water partition coefficient (Wildman–Crippen LogP) is 2.99. The van der Waals surface area contributed by atoms with Crippen molar-refractivity contribution >= 4 is 17.7 Å². The van der Waals surface area contributed by atoms with E-state index >= 15 is 0 Å². The van der Waals surface area contributed by atoms with Crippen LogP contribution in [0, 0.1) is 16.7 Å². The standard InChI is InChI=1S/C30H53N5O7/c1-29(2,3)10-7-8-11-31-26(36)9-13-39-15-17-41-19-20-42-18-16-40-14-12-34-22-24(32-33-34)23-35-27(37)21-25(28(35)38)30(4,5)6/h22,25H,7-21,23H2,1-6H3,(H,31,36). The van der Waals surface area contributed by atoms with Crippen LogP contribution in [0.1, 0.15) is 79.3 Å². The molecule has 240 valence electrons. The lowest BCUT2D eigenvalue weighted by Crippen LogP contribution is -2.33. The lowest BCUT2D eigenvalue weighted by Gasteiger charge is -2.24. The van der Waals surface area contributed by atoms with Gasteiger partial charge in [-0.2, -0.15) is 0 Å². The molecule has 1 aliphatic rings. The molecule has 1 aromatic heterocycles. The summed E-state index contributed by atoms with van der Waals surface area (Å²) in [5.74, 6) is -0.579. The van der Waals surface area contributed by atoms with Gasteiger partial charge < -0.3 is 24.3 Å². The average molecular weight is 596 g/mol. The van der Waals surface area contributed by atoms with Crippen LogP contribution in [-0.4, -0.2) is 97.0 Å². The summed E-state index contributed by atoms with van der Waals surface area (Å²) in [6.07, 6.45) is 5.62. The van der Waals surface area contributed by atoms with Gasteiger partial charge in [-0.15, -0.1) is 5.10 Å². The highest BCUT2D eigenvalue weighted by atomic mass is 16.6. The van der Waals surface area contributed by atoms with Crippen LogP contribution in [0.25, 0.3) is 0 Å². The van der Waals surface area contributed by atoms with E-state index in [0.29, 0.717) is 76.9 Å². The first-order valence-electron chi connectivity index (χ1n) is 15.2. The number of hydrogen-bond donors (Lipinski definition) is 1. The number of imide groups is 1. The van der Waals surface area contributed by atoms with E-state index in [-0.39, 0.29) is 42.0 Å². The van der Waals surface area contributed by atoms with Crippen molar-refractivity contribution in [3.8, 4) is 0 Å². The number of unbranched alkanes of at least 4 members (excludes halogenated alkanes) is 1. The largest absolute Gasteiger partial charge is 0.379 e. The fourth-order valence-corrected chi connectivity index (χ4v) is 4.39. The summed E-state index contributed by atoms with van der Waals surface area (Å²) in [6, 6.07) is 0. The first-order valence-corrected chi connectivity index (χ1v) is 15.2. The van der Waals surface area contributed by atoms with Gasteiger partial charge in [-0.25, -0.2) is 4.68 Å². The Hall–Kier alpha value is -2.41. The second-order valence-electron chi connectivity index (χ2n) is 13.0. The molecule has 0 bridgehead atoms. The maximum absolute atomic E-state index is 12.7. The topological polar surface area (TPSA) is 134 Å². The van der Waals surface area contributed by atoms with E-state index in [4.69, 9.17) is 18.9 Å². The molecule has 12 heteroatoms. The molecule has 1 atom stereocenters. The Morgan fingerprint density at radius 1 is 0.905 bits per heavy atom. The van der Waals surface area contributed by atoms with Crippen LogP contribution in [0.15, 0.2) is 6.20 Å². The molecule has 12 nitrogen and oxygen atoms in total. The Balaban J connectivity index is 1.38. The van der Waals surface area contributed by atoms with Crippen molar-refractivity contribution < 1.29 is 33.3 Å². The van der Waals surface area contributed by atoms with Crippen molar-refractivity contribution in [1.82, 2.24) is 25.2 Å². The second-order valence-corrected chi connectivity index (χ2v) is 13.0. The monoisotopic (exact) mass is 595 g/mol. The van der Waals surface area contributed by atoms with E-state index < -0.39 is 0 Å². The van der Waals surface area contributed by atoms with Gasteiger partial charge >= 0.3 is 0 Å². The predicted molar refractivity (Wildman–Crippen MR) is 157 cm³/mol. The Kier molecular flexibility index (Phi) is 15.6. The van der Waals surface area contributed by atoms with Gasteiger partial charge in [-0.05, 0) is 23.7 Å². The highest BCUT2D eigenvalue weighted by Gasteiger charge is 2.44. The molecule has 1 fully saturated rings. The summed E-state index contributed by atoms with van der Waals surface area (Å²) in [5, 5.41) is 11.1. The third-order valence-corrected chi connectivity index (χ3v) is 6.93. The number of ether oxygens (including phenoxy) is 4. The molecule has 1 unspecified atom stereocenters. The summed E-state index contributed by atoms with van der Waals surface area (Å²) in [5.41, 5.74) is 0.658. The number of aromatic nitrogens is 3. The van der Waals surface area contributed by atoms with Crippen molar-refractivity contribution in [3.05, 3.63) is 11.9 Å². The normalized spacial score (nSPS) is 16.0. The molecule has 1 aromatic rings. The molecule has 2 rings (SSSR count). The molecular formula is C30H53N5O7. The van der Waals surface area contributed by atoms with Gasteiger partial charge in [0, 0.05) is 19.4 Å². The number of likely N-dealkylation sites (tertiary alicyclic amines) is 1. The van der Waals surface area contributed by atoms with Gasteiger partial charge in [0.25, 0.3) is 0 Å². The highest BCUT2D eigenvalue weighted by molar-refractivity contribution is 6.03. The number of carbonyl (C=O) groups is 3. The lowest BCUT2D eigenvalue weighted by atomic mass is 9.80. The summed E-state index contributed by atoms with van der Waals surface area (Å²) in [6.45, 7) is 17.5. The Bertz CT molecular complexity index is 955. The maximum Gasteiger partial charge on any atom is 0.233 e. The van der Waals surface area contributed by atoms with Crippen molar-refractivity contribution in [1.29, 1.82) is 0 Å². The van der Waals surface area contributed by atoms with Crippen LogP contribution in [0.4, 0.5) is 0 Å². The van der Waals surface area contributed by atoms with E-state index in [2.05, 4.69) is 36.4 Å². The number of nitrogens with one attached hydrogen (secondary N) is 1. The molecule has 0 saturated carbocycles. The molecule has 0 spiro atoms. The lowest BCUT2D eigenvalue weighted by molar-refractivity contribution is -0.141. The van der Waals surface area contributed by atoms with E-state index in [1.54, 1.807) is 10.9 Å². The fourth-order valence-electron chi connectivity index (χ4n) is 4.39. The second kappa shape index (κ2) is 18.3. The number of rotatable bonds is 21. The van der Waals surface area contributed by atoms with Crippen molar-refractivity contribution in [2.24, 2.45) is 16.7 Å². The van der Waals surface area contributed by atoms with Gasteiger partial charge in [0.1, 0.15) is 5.69 Å². The van der Waals surface area contributed by atoms with E-state index in [1.807, 2.05) is 20.8 Å². The molecule has 0 radical (unpaired) electrons. The Morgan fingerprint density at radius 3 is 2.07 bits per heavy atom. The van der Waals surface area contributed by atoms with Crippen molar-refractivity contribution in [2.45, 2.75) is 86.7 Å². The highest BCUT2D eigenvalue weighted by Crippen LogP contribution is 2.35. The molecular weight excluding hydrogens is 542 g/mol. The Morgan fingerprint density at radius 2 is 1.50 bits per heavy atom. The van der Waals surface area contributed by atoms with Gasteiger partial charge in [0.05, 0.1) is 78.1 Å². The average Bonchev–Trinajstić information content (AvgIpc) is 3.47. The zero-order valence-electron chi connectivity index (χ0n) is 26.6. The van der Waals surface area contributed by atoms with Gasteiger partial charge in [0.15, 0.2) is 0 Å². The molecule has 0 aromatic carbocycles.